The molecule has 0 aliphatic rings. The third kappa shape index (κ3) is 2.03. The summed E-state index contributed by atoms with van der Waals surface area (Å²) in [7, 11) is -3.45. The molecule has 0 amide bonds. The highest BCUT2D eigenvalue weighted by molar-refractivity contribution is 7.94. The fraction of sp³-hybridized carbons (Fsp3) is 0. The van der Waals surface area contributed by atoms with Gasteiger partial charge in [-0.05, 0) is 12.1 Å². The predicted molar refractivity (Wildman–Crippen MR) is 48.6 cm³/mol. The molecular formula is C9H7O3S. The van der Waals surface area contributed by atoms with Crippen LogP contribution in [0.25, 0.3) is 0 Å². The number of hydrogen-bond donors (Lipinski definition) is 0. The van der Waals surface area contributed by atoms with Crippen LogP contribution in [0.15, 0.2) is 41.1 Å². The highest BCUT2D eigenvalue weighted by atomic mass is 32.2. The van der Waals surface area contributed by atoms with E-state index in [9.17, 15) is 13.2 Å². The average molecular weight is 195 g/mol. The molecule has 0 unspecified atom stereocenters. The van der Waals surface area contributed by atoms with Crippen molar-refractivity contribution in [1.82, 2.24) is 0 Å². The first-order valence-corrected chi connectivity index (χ1v) is 5.00. The van der Waals surface area contributed by atoms with Crippen LogP contribution in [0.3, 0.4) is 0 Å². The molecule has 0 saturated carbocycles. The molecule has 0 fully saturated rings. The maximum Gasteiger partial charge on any atom is 0.233 e. The molecule has 1 aromatic rings. The van der Waals surface area contributed by atoms with Crippen LogP contribution in [0.5, 0.6) is 0 Å². The molecule has 0 aliphatic carbocycles. The lowest BCUT2D eigenvalue weighted by molar-refractivity contribution is 0.562. The van der Waals surface area contributed by atoms with Gasteiger partial charge in [-0.1, -0.05) is 18.7 Å². The summed E-state index contributed by atoms with van der Waals surface area (Å²) in [6, 6.07) is 5.62. The largest absolute Gasteiger partial charge is 0.285 e. The molecule has 1 radical (unpaired) electrons. The fourth-order valence-electron chi connectivity index (χ4n) is 0.833. The molecule has 1 aromatic carbocycles. The van der Waals surface area contributed by atoms with Crippen LogP contribution < -0.4 is 0 Å². The van der Waals surface area contributed by atoms with Crippen LogP contribution in [-0.4, -0.2) is 14.7 Å². The Morgan fingerprint density at radius 2 is 2.08 bits per heavy atom. The van der Waals surface area contributed by atoms with Gasteiger partial charge in [0.15, 0.2) is 9.84 Å². The third-order valence-electron chi connectivity index (χ3n) is 1.50. The Balaban J connectivity index is 3.32. The van der Waals surface area contributed by atoms with Crippen molar-refractivity contribution in [3.8, 4) is 0 Å². The number of rotatable bonds is 3. The second kappa shape index (κ2) is 3.53. The molecular weight excluding hydrogens is 188 g/mol. The van der Waals surface area contributed by atoms with Crippen LogP contribution in [-0.2, 0) is 14.6 Å². The quantitative estimate of drug-likeness (QED) is 0.724. The molecule has 0 aromatic heterocycles. The van der Waals surface area contributed by atoms with E-state index in [0.29, 0.717) is 0 Å². The Morgan fingerprint density at radius 1 is 1.38 bits per heavy atom. The van der Waals surface area contributed by atoms with E-state index >= 15 is 0 Å². The van der Waals surface area contributed by atoms with Crippen LogP contribution in [0.4, 0.5) is 0 Å². The van der Waals surface area contributed by atoms with Gasteiger partial charge in [-0.3, -0.25) is 4.79 Å². The molecule has 0 bridgehead atoms. The number of benzene rings is 1. The van der Waals surface area contributed by atoms with Gasteiger partial charge in [-0.25, -0.2) is 8.42 Å². The van der Waals surface area contributed by atoms with Crippen molar-refractivity contribution < 1.29 is 13.2 Å². The molecule has 0 atom stereocenters. The lowest BCUT2D eigenvalue weighted by atomic mass is 10.2. The van der Waals surface area contributed by atoms with E-state index in [4.69, 9.17) is 0 Å². The molecule has 0 aliphatic heterocycles. The van der Waals surface area contributed by atoms with Gasteiger partial charge < -0.3 is 0 Å². The van der Waals surface area contributed by atoms with E-state index in [1.54, 1.807) is 6.29 Å². The zero-order valence-electron chi connectivity index (χ0n) is 6.73. The molecule has 67 valence electrons. The summed E-state index contributed by atoms with van der Waals surface area (Å²) >= 11 is 0. The average Bonchev–Trinajstić information content (AvgIpc) is 2.18. The standard InChI is InChI=1S/C9H7O3S/c1-2-13(11,12)9-5-3-4-8(6-9)7-10/h2-6H,1H2. The van der Waals surface area contributed by atoms with Crippen LogP contribution in [0.2, 0.25) is 0 Å². The first-order chi connectivity index (χ1) is 6.10. The predicted octanol–water partition coefficient (Wildman–Crippen LogP) is 1.06. The molecule has 0 heterocycles. The van der Waals surface area contributed by atoms with Gasteiger partial charge in [0.2, 0.25) is 6.29 Å². The zero-order valence-corrected chi connectivity index (χ0v) is 7.54. The van der Waals surface area contributed by atoms with Gasteiger partial charge in [-0.15, -0.1) is 0 Å². The van der Waals surface area contributed by atoms with Crippen molar-refractivity contribution in [1.29, 1.82) is 0 Å². The minimum atomic E-state index is -3.45. The lowest BCUT2D eigenvalue weighted by Crippen LogP contribution is -1.96. The first kappa shape index (κ1) is 9.67. The van der Waals surface area contributed by atoms with Crippen LogP contribution >= 0.6 is 0 Å². The highest BCUT2D eigenvalue weighted by Crippen LogP contribution is 2.12. The van der Waals surface area contributed by atoms with E-state index in [-0.39, 0.29) is 10.5 Å². The van der Waals surface area contributed by atoms with E-state index in [1.807, 2.05) is 0 Å². The molecule has 0 N–H and O–H groups in total. The van der Waals surface area contributed by atoms with E-state index in [2.05, 4.69) is 6.58 Å². The second-order valence-corrected chi connectivity index (χ2v) is 4.24. The summed E-state index contributed by atoms with van der Waals surface area (Å²) in [5, 5.41) is 0.844. The monoisotopic (exact) mass is 195 g/mol. The summed E-state index contributed by atoms with van der Waals surface area (Å²) in [5.41, 5.74) is 0.211. The van der Waals surface area contributed by atoms with Crippen LogP contribution in [0.1, 0.15) is 5.56 Å². The first-order valence-electron chi connectivity index (χ1n) is 3.46. The fourth-order valence-corrected chi connectivity index (χ4v) is 1.58. The summed E-state index contributed by atoms with van der Waals surface area (Å²) in [6.45, 7) is 3.18. The number of carbonyl (C=O) groups excluding carboxylic acids is 1. The second-order valence-electron chi connectivity index (χ2n) is 2.34. The minimum Gasteiger partial charge on any atom is -0.285 e. The maximum atomic E-state index is 11.2. The van der Waals surface area contributed by atoms with Crippen molar-refractivity contribution in [2.24, 2.45) is 0 Å². The molecule has 4 heteroatoms. The molecule has 0 saturated heterocycles. The minimum absolute atomic E-state index is 0.0587. The van der Waals surface area contributed by atoms with Gasteiger partial charge in [0.05, 0.1) is 4.90 Å². The van der Waals surface area contributed by atoms with Crippen molar-refractivity contribution in [3.63, 3.8) is 0 Å². The molecule has 0 spiro atoms. The third-order valence-corrected chi connectivity index (χ3v) is 2.85. The van der Waals surface area contributed by atoms with Gasteiger partial charge in [-0.2, -0.15) is 0 Å². The smallest absolute Gasteiger partial charge is 0.233 e. The van der Waals surface area contributed by atoms with Crippen molar-refractivity contribution in [2.75, 3.05) is 0 Å². The van der Waals surface area contributed by atoms with Gasteiger partial charge in [0, 0.05) is 11.0 Å². The molecule has 3 nitrogen and oxygen atoms in total. The van der Waals surface area contributed by atoms with Gasteiger partial charge in [0.1, 0.15) is 0 Å². The van der Waals surface area contributed by atoms with Crippen molar-refractivity contribution in [2.45, 2.75) is 4.90 Å². The zero-order chi connectivity index (χ0) is 9.90. The van der Waals surface area contributed by atoms with E-state index in [0.717, 1.165) is 5.41 Å². The highest BCUT2D eigenvalue weighted by Gasteiger charge is 2.09. The normalized spacial score (nSPS) is 10.8. The van der Waals surface area contributed by atoms with E-state index < -0.39 is 9.84 Å². The topological polar surface area (TPSA) is 51.2 Å². The molecule has 1 rings (SSSR count). The Kier molecular flexibility index (Phi) is 2.63. The summed E-state index contributed by atoms with van der Waals surface area (Å²) < 4.78 is 22.4. The summed E-state index contributed by atoms with van der Waals surface area (Å²) in [4.78, 5) is 10.3. The molecule has 13 heavy (non-hydrogen) atoms. The maximum absolute atomic E-state index is 11.2. The Bertz CT molecular complexity index is 432. The van der Waals surface area contributed by atoms with E-state index in [1.165, 1.54) is 24.3 Å². The van der Waals surface area contributed by atoms with Crippen LogP contribution in [0, 0.1) is 0 Å². The Morgan fingerprint density at radius 3 is 2.62 bits per heavy atom. The summed E-state index contributed by atoms with van der Waals surface area (Å²) in [6.07, 6.45) is 1.61. The Hall–Kier alpha value is -1.42. The number of hydrogen-bond acceptors (Lipinski definition) is 3. The van der Waals surface area contributed by atoms with Gasteiger partial charge in [0.25, 0.3) is 0 Å². The van der Waals surface area contributed by atoms with Crippen molar-refractivity contribution >= 4 is 16.1 Å². The van der Waals surface area contributed by atoms with Gasteiger partial charge >= 0.3 is 0 Å². The lowest BCUT2D eigenvalue weighted by Gasteiger charge is -1.97. The van der Waals surface area contributed by atoms with Crippen molar-refractivity contribution in [3.05, 3.63) is 41.8 Å². The SMILES string of the molecule is C=CS(=O)(=O)c1cccc([C]=O)c1. The Labute approximate surface area is 76.6 Å². The summed E-state index contributed by atoms with van der Waals surface area (Å²) in [5.74, 6) is 0. The number of sulfone groups is 1.